The van der Waals surface area contributed by atoms with Crippen molar-refractivity contribution in [1.82, 2.24) is 19.7 Å². The molecule has 1 aliphatic heterocycles. The van der Waals surface area contributed by atoms with E-state index in [1.807, 2.05) is 25.2 Å². The standard InChI is InChI=1S/C22H21N5OS/c1-26-13-16(12-25-26)19(28)10-17-8-5-9-27(17)21-18-11-20(15-6-3-2-4-7-15)29-22(18)24-14-23-21/h2-4,6-7,11-14,17H,5,8-10H2,1H3. The predicted molar refractivity (Wildman–Crippen MR) is 115 cm³/mol. The van der Waals surface area contributed by atoms with Gasteiger partial charge in [0.05, 0.1) is 17.1 Å². The van der Waals surface area contributed by atoms with Crippen molar-refractivity contribution in [1.29, 1.82) is 0 Å². The molecule has 29 heavy (non-hydrogen) atoms. The molecule has 1 unspecified atom stereocenters. The molecular formula is C22H21N5OS. The molecule has 1 fully saturated rings. The van der Waals surface area contributed by atoms with Crippen LogP contribution in [0.3, 0.4) is 0 Å². The van der Waals surface area contributed by atoms with E-state index >= 15 is 0 Å². The Hall–Kier alpha value is -3.06. The van der Waals surface area contributed by atoms with Gasteiger partial charge in [-0.05, 0) is 24.5 Å². The molecule has 7 heteroatoms. The number of aromatic nitrogens is 4. The fourth-order valence-electron chi connectivity index (χ4n) is 4.04. The second-order valence-corrected chi connectivity index (χ2v) is 8.44. The number of rotatable bonds is 5. The number of carbonyl (C=O) groups is 1. The van der Waals surface area contributed by atoms with Crippen LogP contribution in [0.15, 0.2) is 55.1 Å². The maximum atomic E-state index is 12.7. The Morgan fingerprint density at radius 3 is 2.90 bits per heavy atom. The second kappa shape index (κ2) is 7.40. The van der Waals surface area contributed by atoms with E-state index in [2.05, 4.69) is 38.2 Å². The normalized spacial score (nSPS) is 16.6. The second-order valence-electron chi connectivity index (χ2n) is 7.41. The lowest BCUT2D eigenvalue weighted by Crippen LogP contribution is -2.32. The van der Waals surface area contributed by atoms with Gasteiger partial charge in [-0.2, -0.15) is 5.10 Å². The Morgan fingerprint density at radius 1 is 1.24 bits per heavy atom. The van der Waals surface area contributed by atoms with Crippen molar-refractivity contribution in [3.63, 3.8) is 0 Å². The van der Waals surface area contributed by atoms with E-state index in [0.29, 0.717) is 12.0 Å². The molecule has 1 aliphatic rings. The van der Waals surface area contributed by atoms with Gasteiger partial charge in [0.1, 0.15) is 17.0 Å². The molecule has 1 aromatic carbocycles. The topological polar surface area (TPSA) is 63.9 Å². The lowest BCUT2D eigenvalue weighted by Gasteiger charge is -2.25. The Morgan fingerprint density at radius 2 is 2.10 bits per heavy atom. The minimum absolute atomic E-state index is 0.135. The van der Waals surface area contributed by atoms with Crippen LogP contribution in [-0.2, 0) is 7.05 Å². The van der Waals surface area contributed by atoms with Crippen LogP contribution >= 0.6 is 11.3 Å². The van der Waals surface area contributed by atoms with Gasteiger partial charge in [0.15, 0.2) is 5.78 Å². The summed E-state index contributed by atoms with van der Waals surface area (Å²) in [6.07, 6.45) is 7.61. The van der Waals surface area contributed by atoms with E-state index in [9.17, 15) is 4.79 Å². The van der Waals surface area contributed by atoms with Gasteiger partial charge in [-0.3, -0.25) is 9.48 Å². The molecule has 3 aromatic heterocycles. The largest absolute Gasteiger partial charge is 0.353 e. The third kappa shape index (κ3) is 3.42. The lowest BCUT2D eigenvalue weighted by molar-refractivity contribution is 0.0974. The number of hydrogen-bond acceptors (Lipinski definition) is 6. The zero-order valence-corrected chi connectivity index (χ0v) is 17.0. The van der Waals surface area contributed by atoms with Crippen LogP contribution in [0, 0.1) is 0 Å². The molecule has 0 spiro atoms. The third-order valence-corrected chi connectivity index (χ3v) is 6.56. The number of ketones is 1. The van der Waals surface area contributed by atoms with Gasteiger partial charge in [-0.15, -0.1) is 11.3 Å². The zero-order valence-electron chi connectivity index (χ0n) is 16.2. The highest BCUT2D eigenvalue weighted by Crippen LogP contribution is 2.38. The van der Waals surface area contributed by atoms with Crippen molar-refractivity contribution in [2.75, 3.05) is 11.4 Å². The first-order valence-electron chi connectivity index (χ1n) is 9.77. The Kier molecular flexibility index (Phi) is 4.60. The smallest absolute Gasteiger partial charge is 0.168 e. The van der Waals surface area contributed by atoms with E-state index < -0.39 is 0 Å². The van der Waals surface area contributed by atoms with Gasteiger partial charge in [0, 0.05) is 37.1 Å². The summed E-state index contributed by atoms with van der Waals surface area (Å²) in [5.41, 5.74) is 1.86. The quantitative estimate of drug-likeness (QED) is 0.464. The third-order valence-electron chi connectivity index (χ3n) is 5.46. The molecule has 1 saturated heterocycles. The molecule has 4 aromatic rings. The maximum absolute atomic E-state index is 12.7. The van der Waals surface area contributed by atoms with Crippen LogP contribution in [0.2, 0.25) is 0 Å². The maximum Gasteiger partial charge on any atom is 0.168 e. The van der Waals surface area contributed by atoms with Crippen LogP contribution in [0.5, 0.6) is 0 Å². The summed E-state index contributed by atoms with van der Waals surface area (Å²) in [6.45, 7) is 0.910. The average molecular weight is 404 g/mol. The van der Waals surface area contributed by atoms with Crippen LogP contribution < -0.4 is 4.90 Å². The summed E-state index contributed by atoms with van der Waals surface area (Å²) in [5.74, 6) is 1.07. The summed E-state index contributed by atoms with van der Waals surface area (Å²) >= 11 is 1.68. The first-order chi connectivity index (χ1) is 14.2. The van der Waals surface area contributed by atoms with Gasteiger partial charge in [0.2, 0.25) is 0 Å². The van der Waals surface area contributed by atoms with E-state index in [4.69, 9.17) is 0 Å². The van der Waals surface area contributed by atoms with Crippen LogP contribution in [0.25, 0.3) is 20.7 Å². The van der Waals surface area contributed by atoms with Crippen LogP contribution in [0.4, 0.5) is 5.82 Å². The summed E-state index contributed by atoms with van der Waals surface area (Å²) in [6, 6.07) is 12.7. The highest BCUT2D eigenvalue weighted by Gasteiger charge is 2.30. The number of aryl methyl sites for hydroxylation is 1. The number of fused-ring (bicyclic) bond motifs is 1. The zero-order chi connectivity index (χ0) is 19.8. The monoisotopic (exact) mass is 403 g/mol. The van der Waals surface area contributed by atoms with Crippen LogP contribution in [0.1, 0.15) is 29.6 Å². The number of nitrogens with zero attached hydrogens (tertiary/aromatic N) is 5. The van der Waals surface area contributed by atoms with E-state index in [-0.39, 0.29) is 11.8 Å². The number of benzene rings is 1. The summed E-state index contributed by atoms with van der Waals surface area (Å²) in [7, 11) is 1.83. The minimum atomic E-state index is 0.135. The fourth-order valence-corrected chi connectivity index (χ4v) is 5.04. The number of hydrogen-bond donors (Lipinski definition) is 0. The summed E-state index contributed by atoms with van der Waals surface area (Å²) < 4.78 is 1.67. The summed E-state index contributed by atoms with van der Waals surface area (Å²) in [4.78, 5) is 26.3. The van der Waals surface area contributed by atoms with Crippen molar-refractivity contribution in [3.05, 3.63) is 60.7 Å². The fraction of sp³-hybridized carbons (Fsp3) is 0.273. The Labute approximate surface area is 172 Å². The SMILES string of the molecule is Cn1cc(C(=O)CC2CCCN2c2ncnc3sc(-c4ccccc4)cc23)cn1. The minimum Gasteiger partial charge on any atom is -0.353 e. The van der Waals surface area contributed by atoms with Crippen molar-refractivity contribution >= 4 is 33.2 Å². The lowest BCUT2D eigenvalue weighted by atomic mass is 10.0. The van der Waals surface area contributed by atoms with Crippen LogP contribution in [-0.4, -0.2) is 38.1 Å². The highest BCUT2D eigenvalue weighted by molar-refractivity contribution is 7.21. The average Bonchev–Trinajstić information content (AvgIpc) is 3.47. The van der Waals surface area contributed by atoms with Gasteiger partial charge in [-0.25, -0.2) is 9.97 Å². The van der Waals surface area contributed by atoms with Gasteiger partial charge in [-0.1, -0.05) is 30.3 Å². The van der Waals surface area contributed by atoms with Gasteiger partial charge >= 0.3 is 0 Å². The molecule has 6 nitrogen and oxygen atoms in total. The first kappa shape index (κ1) is 18.0. The molecule has 4 heterocycles. The van der Waals surface area contributed by atoms with Crippen molar-refractivity contribution in [2.24, 2.45) is 7.05 Å². The first-order valence-corrected chi connectivity index (χ1v) is 10.6. The predicted octanol–water partition coefficient (Wildman–Crippen LogP) is 4.33. The molecular weight excluding hydrogens is 382 g/mol. The molecule has 1 atom stereocenters. The molecule has 5 rings (SSSR count). The molecule has 0 amide bonds. The number of thiophene rings is 1. The molecule has 0 radical (unpaired) electrons. The van der Waals surface area contributed by atoms with E-state index in [1.165, 1.54) is 10.4 Å². The van der Waals surface area contributed by atoms with Crippen molar-refractivity contribution < 1.29 is 4.79 Å². The van der Waals surface area contributed by atoms with Gasteiger partial charge < -0.3 is 4.90 Å². The molecule has 0 aliphatic carbocycles. The number of carbonyl (C=O) groups excluding carboxylic acids is 1. The van der Waals surface area contributed by atoms with E-state index in [1.54, 1.807) is 34.7 Å². The van der Waals surface area contributed by atoms with Gasteiger partial charge in [0.25, 0.3) is 0 Å². The summed E-state index contributed by atoms with van der Waals surface area (Å²) in [5, 5.41) is 5.19. The molecule has 146 valence electrons. The van der Waals surface area contributed by atoms with Crippen molar-refractivity contribution in [2.45, 2.75) is 25.3 Å². The highest BCUT2D eigenvalue weighted by atomic mass is 32.1. The molecule has 0 N–H and O–H groups in total. The number of anilines is 1. The molecule has 0 saturated carbocycles. The Bertz CT molecular complexity index is 1170. The molecule has 0 bridgehead atoms. The van der Waals surface area contributed by atoms with E-state index in [0.717, 1.165) is 35.4 Å². The van der Waals surface area contributed by atoms with Crippen molar-refractivity contribution in [3.8, 4) is 10.4 Å². The Balaban J connectivity index is 1.46. The number of Topliss-reactive ketones (excluding diaryl/α,β-unsaturated/α-hetero) is 1.